The molecule has 0 atom stereocenters. The normalized spacial score (nSPS) is 15.8. The number of carbonyl (C=O) groups is 1. The molecule has 3 N–H and O–H groups in total. The Kier molecular flexibility index (Phi) is 5.28. The highest BCUT2D eigenvalue weighted by Crippen LogP contribution is 2.32. The zero-order valence-electron chi connectivity index (χ0n) is 14.3. The fourth-order valence-electron chi connectivity index (χ4n) is 2.39. The summed E-state index contributed by atoms with van der Waals surface area (Å²) in [5.74, 6) is 0.434. The van der Waals surface area contributed by atoms with E-state index in [2.05, 4.69) is 15.2 Å². The maximum Gasteiger partial charge on any atom is 0.256 e. The standard InChI is InChI=1S/C17H17N3O6S/c1-11(20-22)19-17(21)12-3-2-4-13(9-12)26-14-5-6-15-16(10-14)27(23,24)18-7-8-25-15/h2-6,9-10,18,22H,7-8H2,1H3,(H,19,20,21). The first kappa shape index (κ1) is 18.7. The van der Waals surface area contributed by atoms with Gasteiger partial charge in [0.1, 0.15) is 34.6 Å². The van der Waals surface area contributed by atoms with Gasteiger partial charge in [-0.2, -0.15) is 0 Å². The number of rotatable bonds is 3. The molecule has 142 valence electrons. The van der Waals surface area contributed by atoms with Gasteiger partial charge in [-0.3, -0.25) is 4.79 Å². The summed E-state index contributed by atoms with van der Waals surface area (Å²) in [5, 5.41) is 13.9. The SMILES string of the molecule is C/C(=N/O)NC(=O)c1cccc(Oc2ccc3c(c2)S(=O)(=O)NCCO3)c1. The van der Waals surface area contributed by atoms with E-state index in [0.29, 0.717) is 5.75 Å². The predicted molar refractivity (Wildman–Crippen MR) is 96.0 cm³/mol. The number of sulfonamides is 1. The van der Waals surface area contributed by atoms with Gasteiger partial charge < -0.3 is 20.0 Å². The van der Waals surface area contributed by atoms with Crippen LogP contribution in [0.25, 0.3) is 0 Å². The van der Waals surface area contributed by atoms with Gasteiger partial charge in [-0.1, -0.05) is 11.2 Å². The lowest BCUT2D eigenvalue weighted by Crippen LogP contribution is -2.28. The fourth-order valence-corrected chi connectivity index (χ4v) is 3.56. The molecule has 2 aromatic carbocycles. The van der Waals surface area contributed by atoms with Gasteiger partial charge in [0.05, 0.1) is 0 Å². The fraction of sp³-hybridized carbons (Fsp3) is 0.176. The first-order chi connectivity index (χ1) is 12.9. The molecule has 0 fully saturated rings. The molecular formula is C17H17N3O6S. The van der Waals surface area contributed by atoms with Crippen molar-refractivity contribution in [3.63, 3.8) is 0 Å². The van der Waals surface area contributed by atoms with Crippen molar-refractivity contribution in [2.24, 2.45) is 5.16 Å². The lowest BCUT2D eigenvalue weighted by Gasteiger charge is -2.11. The summed E-state index contributed by atoms with van der Waals surface area (Å²) in [6.07, 6.45) is 0. The maximum absolute atomic E-state index is 12.2. The van der Waals surface area contributed by atoms with E-state index in [0.717, 1.165) is 0 Å². The Morgan fingerprint density at radius 3 is 2.81 bits per heavy atom. The minimum atomic E-state index is -3.69. The highest BCUT2D eigenvalue weighted by Gasteiger charge is 2.23. The van der Waals surface area contributed by atoms with Gasteiger partial charge in [-0.05, 0) is 37.3 Å². The highest BCUT2D eigenvalue weighted by atomic mass is 32.2. The van der Waals surface area contributed by atoms with Crippen LogP contribution in [0.4, 0.5) is 0 Å². The number of amidine groups is 1. The first-order valence-electron chi connectivity index (χ1n) is 7.93. The summed E-state index contributed by atoms with van der Waals surface area (Å²) < 4.78 is 38.0. The number of nitrogens with one attached hydrogen (secondary N) is 2. The van der Waals surface area contributed by atoms with Gasteiger partial charge in [0.15, 0.2) is 0 Å². The van der Waals surface area contributed by atoms with E-state index in [4.69, 9.17) is 14.7 Å². The number of fused-ring (bicyclic) bond motifs is 1. The lowest BCUT2D eigenvalue weighted by molar-refractivity contribution is 0.0975. The molecule has 0 bridgehead atoms. The average Bonchev–Trinajstić information content (AvgIpc) is 2.80. The van der Waals surface area contributed by atoms with Crippen molar-refractivity contribution in [1.82, 2.24) is 10.0 Å². The average molecular weight is 391 g/mol. The number of hydrogen-bond acceptors (Lipinski definition) is 7. The second kappa shape index (κ2) is 7.64. The van der Waals surface area contributed by atoms with Gasteiger partial charge in [-0.15, -0.1) is 0 Å². The summed E-state index contributed by atoms with van der Waals surface area (Å²) in [4.78, 5) is 12.1. The summed E-state index contributed by atoms with van der Waals surface area (Å²) in [7, 11) is -3.69. The molecule has 0 saturated heterocycles. The van der Waals surface area contributed by atoms with Crippen LogP contribution in [0.15, 0.2) is 52.5 Å². The van der Waals surface area contributed by atoms with Crippen LogP contribution < -0.4 is 19.5 Å². The van der Waals surface area contributed by atoms with Crippen molar-refractivity contribution < 1.29 is 27.9 Å². The Bertz CT molecular complexity index is 1000. The number of oxime groups is 1. The molecule has 0 aromatic heterocycles. The molecule has 2 aromatic rings. The Morgan fingerprint density at radius 1 is 1.26 bits per heavy atom. The molecule has 1 heterocycles. The number of carbonyl (C=O) groups excluding carboxylic acids is 1. The smallest absolute Gasteiger partial charge is 0.256 e. The summed E-state index contributed by atoms with van der Waals surface area (Å²) in [6, 6.07) is 10.7. The Hall–Kier alpha value is -3.11. The number of nitrogens with zero attached hydrogens (tertiary/aromatic N) is 1. The van der Waals surface area contributed by atoms with Crippen LogP contribution in [0, 0.1) is 0 Å². The second-order valence-electron chi connectivity index (χ2n) is 5.62. The van der Waals surface area contributed by atoms with E-state index in [1.54, 1.807) is 24.3 Å². The molecule has 0 radical (unpaired) electrons. The molecule has 10 heteroatoms. The second-order valence-corrected chi connectivity index (χ2v) is 7.36. The number of ether oxygens (including phenoxy) is 2. The van der Waals surface area contributed by atoms with Gasteiger partial charge in [-0.25, -0.2) is 13.1 Å². The maximum atomic E-state index is 12.2. The molecule has 0 unspecified atom stereocenters. The topological polar surface area (TPSA) is 126 Å². The van der Waals surface area contributed by atoms with E-state index in [1.165, 1.54) is 25.1 Å². The molecule has 1 amide bonds. The Balaban J connectivity index is 1.85. The van der Waals surface area contributed by atoms with E-state index in [9.17, 15) is 13.2 Å². The molecule has 0 saturated carbocycles. The molecule has 9 nitrogen and oxygen atoms in total. The third-order valence-electron chi connectivity index (χ3n) is 3.63. The minimum absolute atomic E-state index is 0.0128. The van der Waals surface area contributed by atoms with Crippen LogP contribution in [0.2, 0.25) is 0 Å². The van der Waals surface area contributed by atoms with Crippen molar-refractivity contribution in [2.75, 3.05) is 13.2 Å². The molecule has 27 heavy (non-hydrogen) atoms. The highest BCUT2D eigenvalue weighted by molar-refractivity contribution is 7.89. The quantitative estimate of drug-likeness (QED) is 0.316. The van der Waals surface area contributed by atoms with Crippen molar-refractivity contribution in [3.8, 4) is 17.2 Å². The summed E-state index contributed by atoms with van der Waals surface area (Å²) >= 11 is 0. The van der Waals surface area contributed by atoms with E-state index in [1.807, 2.05) is 0 Å². The van der Waals surface area contributed by atoms with Gasteiger partial charge in [0.25, 0.3) is 5.91 Å². The van der Waals surface area contributed by atoms with Gasteiger partial charge in [0, 0.05) is 18.2 Å². The van der Waals surface area contributed by atoms with E-state index in [-0.39, 0.29) is 40.9 Å². The van der Waals surface area contributed by atoms with Gasteiger partial charge >= 0.3 is 0 Å². The molecule has 0 spiro atoms. The molecule has 0 aliphatic carbocycles. The Labute approximate surface area is 155 Å². The van der Waals surface area contributed by atoms with Crippen molar-refractivity contribution in [1.29, 1.82) is 0 Å². The number of benzene rings is 2. The Morgan fingerprint density at radius 2 is 2.04 bits per heavy atom. The molecule has 1 aliphatic heterocycles. The van der Waals surface area contributed by atoms with Crippen molar-refractivity contribution >= 4 is 21.8 Å². The van der Waals surface area contributed by atoms with Crippen LogP contribution in [0.1, 0.15) is 17.3 Å². The first-order valence-corrected chi connectivity index (χ1v) is 9.42. The third-order valence-corrected chi connectivity index (χ3v) is 5.11. The third kappa shape index (κ3) is 4.36. The van der Waals surface area contributed by atoms with Crippen LogP contribution in [0.5, 0.6) is 17.2 Å². The predicted octanol–water partition coefficient (Wildman–Crippen LogP) is 1.69. The molecular weight excluding hydrogens is 374 g/mol. The van der Waals surface area contributed by atoms with Gasteiger partial charge in [0.2, 0.25) is 10.0 Å². The summed E-state index contributed by atoms with van der Waals surface area (Å²) in [6.45, 7) is 1.85. The monoisotopic (exact) mass is 391 g/mol. The van der Waals surface area contributed by atoms with Crippen LogP contribution in [0.3, 0.4) is 0 Å². The van der Waals surface area contributed by atoms with Crippen molar-refractivity contribution in [3.05, 3.63) is 48.0 Å². The number of amides is 1. The molecule has 3 rings (SSSR count). The largest absolute Gasteiger partial charge is 0.491 e. The van der Waals surface area contributed by atoms with Crippen molar-refractivity contribution in [2.45, 2.75) is 11.8 Å². The zero-order chi connectivity index (χ0) is 19.4. The van der Waals surface area contributed by atoms with Crippen LogP contribution in [-0.2, 0) is 10.0 Å². The lowest BCUT2D eigenvalue weighted by atomic mass is 10.2. The van der Waals surface area contributed by atoms with Crippen LogP contribution in [-0.4, -0.2) is 38.5 Å². The summed E-state index contributed by atoms with van der Waals surface area (Å²) in [5.41, 5.74) is 0.280. The zero-order valence-corrected chi connectivity index (χ0v) is 15.1. The van der Waals surface area contributed by atoms with E-state index < -0.39 is 15.9 Å². The molecule has 1 aliphatic rings. The minimum Gasteiger partial charge on any atom is -0.491 e. The number of hydrogen-bond donors (Lipinski definition) is 3. The van der Waals surface area contributed by atoms with E-state index >= 15 is 0 Å². The van der Waals surface area contributed by atoms with Crippen LogP contribution >= 0.6 is 0 Å².